The first-order valence-electron chi connectivity index (χ1n) is 2.77. The summed E-state index contributed by atoms with van der Waals surface area (Å²) in [7, 11) is 0. The summed E-state index contributed by atoms with van der Waals surface area (Å²) in [6, 6.07) is 0. The van der Waals surface area contributed by atoms with E-state index in [1.54, 1.807) is 18.2 Å². The Bertz CT molecular complexity index is 64.1. The molecule has 1 aliphatic rings. The second-order valence-electron chi connectivity index (χ2n) is 1.43. The summed E-state index contributed by atoms with van der Waals surface area (Å²) in [5, 5.41) is 0. The summed E-state index contributed by atoms with van der Waals surface area (Å²) in [4.78, 5) is 11.2. The molecule has 0 atom stereocenters. The van der Waals surface area contributed by atoms with Crippen LogP contribution in [0.3, 0.4) is 0 Å². The van der Waals surface area contributed by atoms with Gasteiger partial charge in [0.25, 0.3) is 0 Å². The summed E-state index contributed by atoms with van der Waals surface area (Å²) >= 11 is 0. The van der Waals surface area contributed by atoms with E-state index in [1.165, 1.54) is 0 Å². The first-order valence-corrected chi connectivity index (χ1v) is 2.77. The largest absolute Gasteiger partial charge is 2.00 e. The van der Waals surface area contributed by atoms with E-state index in [9.17, 15) is 4.79 Å². The number of nitrogens with zero attached hydrogens (tertiary/aromatic N) is 1. The van der Waals surface area contributed by atoms with Crippen molar-refractivity contribution in [2.24, 2.45) is 0 Å². The van der Waals surface area contributed by atoms with Gasteiger partial charge in [0.15, 0.2) is 0 Å². The quantitative estimate of drug-likeness (QED) is 0.649. The molecule has 0 spiro atoms. The number of rotatable bonds is 1. The molecule has 0 bridgehead atoms. The van der Waals surface area contributed by atoms with E-state index in [-0.39, 0.29) is 21.1 Å². The van der Waals surface area contributed by atoms with Crippen molar-refractivity contribution < 1.29 is 25.9 Å². The standard InChI is InChI=1S/C4H6NO.C2H5.W/c6-4-5-2-1-3-5;1-2;/h1-3H2;1H2,2H3;/q2*-1;+2. The van der Waals surface area contributed by atoms with E-state index in [4.69, 9.17) is 0 Å². The molecular formula is C6H11NOW. The summed E-state index contributed by atoms with van der Waals surface area (Å²) in [6.07, 6.45) is 2.95. The van der Waals surface area contributed by atoms with Gasteiger partial charge >= 0.3 is 21.1 Å². The Morgan fingerprint density at radius 2 is 1.89 bits per heavy atom. The molecule has 1 heterocycles. The summed E-state index contributed by atoms with van der Waals surface area (Å²) in [5.41, 5.74) is 0. The van der Waals surface area contributed by atoms with Crippen molar-refractivity contribution in [3.8, 4) is 0 Å². The van der Waals surface area contributed by atoms with Crippen molar-refractivity contribution in [3.63, 3.8) is 0 Å². The van der Waals surface area contributed by atoms with E-state index >= 15 is 0 Å². The Morgan fingerprint density at radius 3 is 1.89 bits per heavy atom. The van der Waals surface area contributed by atoms with Crippen LogP contribution in [-0.4, -0.2) is 24.4 Å². The first-order chi connectivity index (χ1) is 3.93. The minimum absolute atomic E-state index is 0. The third kappa shape index (κ3) is 4.65. The molecular weight excluding hydrogens is 286 g/mol. The molecule has 1 amide bonds. The van der Waals surface area contributed by atoms with Gasteiger partial charge in [-0.1, -0.05) is 0 Å². The van der Waals surface area contributed by atoms with E-state index in [2.05, 4.69) is 6.92 Å². The monoisotopic (exact) mass is 297 g/mol. The zero-order valence-corrected chi connectivity index (χ0v) is 8.53. The molecule has 0 saturated carbocycles. The molecule has 1 saturated heterocycles. The minimum atomic E-state index is 0. The minimum Gasteiger partial charge on any atom is -0.520 e. The maximum atomic E-state index is 9.59. The zero-order chi connectivity index (χ0) is 6.41. The smallest absolute Gasteiger partial charge is 0.520 e. The molecule has 9 heavy (non-hydrogen) atoms. The number of hydrogen-bond acceptors (Lipinski definition) is 1. The fraction of sp³-hybridized carbons (Fsp3) is 0.667. The average Bonchev–Trinajstić information content (AvgIpc) is 1.69. The Hall–Kier alpha value is 0.158. The number of hydrogen-bond donors (Lipinski definition) is 0. The SMILES string of the molecule is O=[C-]N1CCC1.[CH2-]C.[W+2]. The molecule has 0 unspecified atom stereocenters. The summed E-state index contributed by atoms with van der Waals surface area (Å²) < 4.78 is 0. The van der Waals surface area contributed by atoms with Gasteiger partial charge in [0.2, 0.25) is 0 Å². The van der Waals surface area contributed by atoms with Crippen LogP contribution in [0.1, 0.15) is 13.3 Å². The molecule has 0 aromatic carbocycles. The van der Waals surface area contributed by atoms with Crippen molar-refractivity contribution in [1.29, 1.82) is 0 Å². The third-order valence-electron chi connectivity index (χ3n) is 0.985. The van der Waals surface area contributed by atoms with Crippen LogP contribution in [0, 0.1) is 6.92 Å². The van der Waals surface area contributed by atoms with Crippen LogP contribution in [0.2, 0.25) is 0 Å². The Kier molecular flexibility index (Phi) is 10.8. The van der Waals surface area contributed by atoms with Crippen LogP contribution in [0.25, 0.3) is 0 Å². The van der Waals surface area contributed by atoms with Gasteiger partial charge in [-0.15, -0.1) is 0 Å². The van der Waals surface area contributed by atoms with Gasteiger partial charge in [-0.3, -0.25) is 0 Å². The van der Waals surface area contributed by atoms with Crippen LogP contribution in [0.15, 0.2) is 0 Å². The van der Waals surface area contributed by atoms with Crippen LogP contribution in [0.5, 0.6) is 0 Å². The molecule has 0 aromatic rings. The van der Waals surface area contributed by atoms with Gasteiger partial charge in [-0.2, -0.15) is 13.3 Å². The summed E-state index contributed by atoms with van der Waals surface area (Å²) in [5.74, 6) is 0. The molecule has 0 aliphatic carbocycles. The number of carbonyl (C=O) groups excluding carboxylic acids is 1. The molecule has 52 valence electrons. The predicted molar refractivity (Wildman–Crippen MR) is 32.9 cm³/mol. The second kappa shape index (κ2) is 8.16. The molecule has 0 aromatic heterocycles. The Labute approximate surface area is 70.9 Å². The van der Waals surface area contributed by atoms with Crippen molar-refractivity contribution in [1.82, 2.24) is 4.90 Å². The molecule has 3 heteroatoms. The van der Waals surface area contributed by atoms with Gasteiger partial charge in [0, 0.05) is 0 Å². The normalized spacial score (nSPS) is 13.8. The van der Waals surface area contributed by atoms with Crippen LogP contribution < -0.4 is 0 Å². The molecule has 1 rings (SSSR count). The third-order valence-corrected chi connectivity index (χ3v) is 0.985. The van der Waals surface area contributed by atoms with Crippen LogP contribution in [0.4, 0.5) is 0 Å². The fourth-order valence-electron chi connectivity index (χ4n) is 0.408. The Morgan fingerprint density at radius 1 is 1.44 bits per heavy atom. The average molecular weight is 297 g/mol. The maximum absolute atomic E-state index is 9.59. The molecule has 1 aliphatic heterocycles. The fourth-order valence-corrected chi connectivity index (χ4v) is 0.408. The molecule has 0 radical (unpaired) electrons. The van der Waals surface area contributed by atoms with Gasteiger partial charge < -0.3 is 16.6 Å². The van der Waals surface area contributed by atoms with Crippen molar-refractivity contribution in [3.05, 3.63) is 6.92 Å². The van der Waals surface area contributed by atoms with Crippen molar-refractivity contribution in [2.45, 2.75) is 13.3 Å². The van der Waals surface area contributed by atoms with Crippen molar-refractivity contribution in [2.75, 3.05) is 13.1 Å². The van der Waals surface area contributed by atoms with Gasteiger partial charge in [-0.25, -0.2) is 0 Å². The van der Waals surface area contributed by atoms with E-state index in [0.29, 0.717) is 0 Å². The van der Waals surface area contributed by atoms with Crippen molar-refractivity contribution >= 4 is 6.41 Å². The molecule has 1 fully saturated rings. The van der Waals surface area contributed by atoms with Gasteiger partial charge in [-0.05, 0) is 19.5 Å². The first kappa shape index (κ1) is 11.9. The van der Waals surface area contributed by atoms with E-state index < -0.39 is 0 Å². The van der Waals surface area contributed by atoms with Gasteiger partial charge in [0.05, 0.1) is 0 Å². The van der Waals surface area contributed by atoms with Crippen LogP contribution >= 0.6 is 0 Å². The maximum Gasteiger partial charge on any atom is 2.00 e. The Balaban J connectivity index is 0. The zero-order valence-electron chi connectivity index (χ0n) is 5.59. The second-order valence-corrected chi connectivity index (χ2v) is 1.43. The molecule has 2 nitrogen and oxygen atoms in total. The number of likely N-dealkylation sites (tertiary alicyclic amines) is 1. The molecule has 0 N–H and O–H groups in total. The number of amides is 1. The predicted octanol–water partition coefficient (Wildman–Crippen LogP) is 0.597. The van der Waals surface area contributed by atoms with E-state index in [1.807, 2.05) is 0 Å². The van der Waals surface area contributed by atoms with Crippen LogP contribution in [-0.2, 0) is 25.9 Å². The summed E-state index contributed by atoms with van der Waals surface area (Å²) in [6.45, 7) is 6.84. The van der Waals surface area contributed by atoms with E-state index in [0.717, 1.165) is 19.5 Å². The van der Waals surface area contributed by atoms with Gasteiger partial charge in [0.1, 0.15) is 0 Å². The topological polar surface area (TPSA) is 20.3 Å².